The molecule has 2 rings (SSSR count). The SMILES string of the molecule is COc1cc(Cl)c(C(Cl)CCC2CCCO2)cc1OC. The Bertz CT molecular complexity index is 445. The van der Waals surface area contributed by atoms with Crippen LogP contribution >= 0.6 is 23.2 Å². The summed E-state index contributed by atoms with van der Waals surface area (Å²) < 4.78 is 16.1. The van der Waals surface area contributed by atoms with Gasteiger partial charge in [0.1, 0.15) is 0 Å². The van der Waals surface area contributed by atoms with Crippen molar-refractivity contribution in [1.29, 1.82) is 0 Å². The van der Waals surface area contributed by atoms with Gasteiger partial charge in [-0.25, -0.2) is 0 Å². The van der Waals surface area contributed by atoms with Crippen LogP contribution in [-0.4, -0.2) is 26.9 Å². The molecule has 20 heavy (non-hydrogen) atoms. The van der Waals surface area contributed by atoms with Crippen LogP contribution in [0.4, 0.5) is 0 Å². The van der Waals surface area contributed by atoms with E-state index in [4.69, 9.17) is 37.4 Å². The van der Waals surface area contributed by atoms with E-state index in [2.05, 4.69) is 0 Å². The van der Waals surface area contributed by atoms with E-state index in [0.29, 0.717) is 22.6 Å². The molecule has 1 heterocycles. The van der Waals surface area contributed by atoms with Gasteiger partial charge in [0, 0.05) is 17.7 Å². The van der Waals surface area contributed by atoms with Crippen LogP contribution in [0.3, 0.4) is 0 Å². The molecule has 0 amide bonds. The Morgan fingerprint density at radius 1 is 1.30 bits per heavy atom. The lowest BCUT2D eigenvalue weighted by Crippen LogP contribution is -2.06. The van der Waals surface area contributed by atoms with E-state index >= 15 is 0 Å². The number of hydrogen-bond donors (Lipinski definition) is 0. The predicted octanol–water partition coefficient (Wildman–Crippen LogP) is 4.60. The van der Waals surface area contributed by atoms with E-state index in [9.17, 15) is 0 Å². The second-order valence-electron chi connectivity index (χ2n) is 4.91. The number of methoxy groups -OCH3 is 2. The molecule has 1 fully saturated rings. The van der Waals surface area contributed by atoms with Crippen LogP contribution in [0.1, 0.15) is 36.6 Å². The lowest BCUT2D eigenvalue weighted by atomic mass is 10.0. The molecule has 0 N–H and O–H groups in total. The lowest BCUT2D eigenvalue weighted by molar-refractivity contribution is 0.102. The van der Waals surface area contributed by atoms with E-state index < -0.39 is 0 Å². The standard InChI is InChI=1S/C15H20Cl2O3/c1-18-14-8-11(13(17)9-15(14)19-2)12(16)6-5-10-4-3-7-20-10/h8-10,12H,3-7H2,1-2H3. The third-order valence-corrected chi connectivity index (χ3v) is 4.39. The van der Waals surface area contributed by atoms with Crippen LogP contribution in [0.5, 0.6) is 11.5 Å². The summed E-state index contributed by atoms with van der Waals surface area (Å²) in [6.07, 6.45) is 4.41. The Hall–Kier alpha value is -0.640. The molecule has 0 radical (unpaired) electrons. The van der Waals surface area contributed by atoms with Gasteiger partial charge in [0.15, 0.2) is 11.5 Å². The van der Waals surface area contributed by atoms with E-state index in [1.165, 1.54) is 0 Å². The van der Waals surface area contributed by atoms with Crippen molar-refractivity contribution < 1.29 is 14.2 Å². The molecule has 1 aliphatic rings. The molecule has 2 unspecified atom stereocenters. The topological polar surface area (TPSA) is 27.7 Å². The van der Waals surface area contributed by atoms with Gasteiger partial charge in [-0.05, 0) is 37.3 Å². The first-order chi connectivity index (χ1) is 9.65. The van der Waals surface area contributed by atoms with Crippen molar-refractivity contribution in [3.63, 3.8) is 0 Å². The first kappa shape index (κ1) is 15.7. The molecule has 0 bridgehead atoms. The predicted molar refractivity (Wildman–Crippen MR) is 81.4 cm³/mol. The molecule has 1 aromatic rings. The maximum absolute atomic E-state index is 6.48. The van der Waals surface area contributed by atoms with Crippen LogP contribution in [0.25, 0.3) is 0 Å². The molecule has 0 aromatic heterocycles. The molecule has 2 atom stereocenters. The molecule has 0 saturated carbocycles. The summed E-state index contributed by atoms with van der Waals surface area (Å²) in [7, 11) is 3.19. The van der Waals surface area contributed by atoms with E-state index in [0.717, 1.165) is 37.9 Å². The minimum absolute atomic E-state index is 0.147. The Morgan fingerprint density at radius 3 is 2.60 bits per heavy atom. The summed E-state index contributed by atoms with van der Waals surface area (Å²) in [6, 6.07) is 3.60. The Kier molecular flexibility index (Phi) is 5.82. The van der Waals surface area contributed by atoms with Gasteiger partial charge in [0.2, 0.25) is 0 Å². The second kappa shape index (κ2) is 7.39. The van der Waals surface area contributed by atoms with Crippen molar-refractivity contribution in [3.8, 4) is 11.5 Å². The van der Waals surface area contributed by atoms with Crippen molar-refractivity contribution in [1.82, 2.24) is 0 Å². The summed E-state index contributed by atoms with van der Waals surface area (Å²) in [5.74, 6) is 1.26. The zero-order valence-electron chi connectivity index (χ0n) is 11.8. The first-order valence-corrected chi connectivity index (χ1v) is 7.64. The molecule has 0 aliphatic carbocycles. The van der Waals surface area contributed by atoms with Crippen LogP contribution < -0.4 is 9.47 Å². The average molecular weight is 319 g/mol. The normalized spacial score (nSPS) is 19.9. The monoisotopic (exact) mass is 318 g/mol. The minimum atomic E-state index is -0.147. The zero-order valence-corrected chi connectivity index (χ0v) is 13.3. The number of rotatable bonds is 6. The minimum Gasteiger partial charge on any atom is -0.493 e. The molecule has 112 valence electrons. The molecular weight excluding hydrogens is 299 g/mol. The van der Waals surface area contributed by atoms with Crippen LogP contribution in [-0.2, 0) is 4.74 Å². The Labute approximate surface area is 130 Å². The van der Waals surface area contributed by atoms with Gasteiger partial charge in [-0.1, -0.05) is 11.6 Å². The van der Waals surface area contributed by atoms with Gasteiger partial charge < -0.3 is 14.2 Å². The molecule has 1 aromatic carbocycles. The smallest absolute Gasteiger partial charge is 0.162 e. The maximum atomic E-state index is 6.48. The summed E-state index contributed by atoms with van der Waals surface area (Å²) in [5, 5.41) is 0.460. The summed E-state index contributed by atoms with van der Waals surface area (Å²) in [5.41, 5.74) is 0.879. The van der Waals surface area contributed by atoms with E-state index in [1.54, 1.807) is 20.3 Å². The lowest BCUT2D eigenvalue weighted by Gasteiger charge is -2.17. The number of benzene rings is 1. The summed E-state index contributed by atoms with van der Waals surface area (Å²) >= 11 is 12.8. The zero-order chi connectivity index (χ0) is 14.5. The van der Waals surface area contributed by atoms with Crippen LogP contribution in [0.2, 0.25) is 5.02 Å². The quantitative estimate of drug-likeness (QED) is 0.717. The first-order valence-electron chi connectivity index (χ1n) is 6.82. The van der Waals surface area contributed by atoms with Gasteiger partial charge in [-0.2, -0.15) is 0 Å². The number of hydrogen-bond acceptors (Lipinski definition) is 3. The highest BCUT2D eigenvalue weighted by molar-refractivity contribution is 6.33. The fourth-order valence-electron chi connectivity index (χ4n) is 2.47. The van der Waals surface area contributed by atoms with Crippen molar-refractivity contribution >= 4 is 23.2 Å². The van der Waals surface area contributed by atoms with Crippen LogP contribution in [0.15, 0.2) is 12.1 Å². The molecule has 1 saturated heterocycles. The molecular formula is C15H20Cl2O3. The van der Waals surface area contributed by atoms with Gasteiger partial charge in [-0.3, -0.25) is 0 Å². The van der Waals surface area contributed by atoms with E-state index in [-0.39, 0.29) is 5.38 Å². The van der Waals surface area contributed by atoms with Gasteiger partial charge in [-0.15, -0.1) is 11.6 Å². The fraction of sp³-hybridized carbons (Fsp3) is 0.600. The molecule has 0 spiro atoms. The fourth-order valence-corrected chi connectivity index (χ4v) is 3.12. The van der Waals surface area contributed by atoms with Gasteiger partial charge >= 0.3 is 0 Å². The highest BCUT2D eigenvalue weighted by Gasteiger charge is 2.20. The third-order valence-electron chi connectivity index (χ3n) is 3.61. The summed E-state index contributed by atoms with van der Waals surface area (Å²) in [6.45, 7) is 0.870. The number of halogens is 2. The average Bonchev–Trinajstić information content (AvgIpc) is 2.97. The Balaban J connectivity index is 2.06. The molecule has 3 nitrogen and oxygen atoms in total. The van der Waals surface area contributed by atoms with Crippen LogP contribution in [0, 0.1) is 0 Å². The highest BCUT2D eigenvalue weighted by Crippen LogP contribution is 2.39. The molecule has 1 aliphatic heterocycles. The highest BCUT2D eigenvalue weighted by atomic mass is 35.5. The largest absolute Gasteiger partial charge is 0.493 e. The van der Waals surface area contributed by atoms with Crippen molar-refractivity contribution in [3.05, 3.63) is 22.7 Å². The molecule has 5 heteroatoms. The van der Waals surface area contributed by atoms with Crippen molar-refractivity contribution in [2.75, 3.05) is 20.8 Å². The Morgan fingerprint density at radius 2 is 2.00 bits per heavy atom. The number of alkyl halides is 1. The van der Waals surface area contributed by atoms with E-state index in [1.807, 2.05) is 6.07 Å². The number of ether oxygens (including phenoxy) is 3. The second-order valence-corrected chi connectivity index (χ2v) is 5.84. The maximum Gasteiger partial charge on any atom is 0.162 e. The third kappa shape index (κ3) is 3.72. The summed E-state index contributed by atoms with van der Waals surface area (Å²) in [4.78, 5) is 0. The van der Waals surface area contributed by atoms with Crippen molar-refractivity contribution in [2.24, 2.45) is 0 Å². The van der Waals surface area contributed by atoms with Crippen molar-refractivity contribution in [2.45, 2.75) is 37.2 Å². The van der Waals surface area contributed by atoms with Gasteiger partial charge in [0.05, 0.1) is 25.7 Å². The van der Waals surface area contributed by atoms with Gasteiger partial charge in [0.25, 0.3) is 0 Å².